The third kappa shape index (κ3) is 5.59. The van der Waals surface area contributed by atoms with Crippen LogP contribution in [0.25, 0.3) is 0 Å². The Bertz CT molecular complexity index is 424. The first-order valence-electron chi connectivity index (χ1n) is 10.9. The second-order valence-corrected chi connectivity index (χ2v) is 8.65. The minimum Gasteiger partial charge on any atom is -0.355 e. The lowest BCUT2D eigenvalue weighted by Crippen LogP contribution is -2.55. The van der Waals surface area contributed by atoms with Crippen molar-refractivity contribution in [1.82, 2.24) is 20.0 Å². The Labute approximate surface area is 162 Å². The molecule has 2 fully saturated rings. The van der Waals surface area contributed by atoms with Crippen LogP contribution in [0.2, 0.25) is 0 Å². The first-order valence-corrected chi connectivity index (χ1v) is 10.9. The Morgan fingerprint density at radius 2 is 1.73 bits per heavy atom. The molecular formula is C21H43N5. The molecule has 0 amide bonds. The number of guanidine groups is 1. The molecule has 0 bridgehead atoms. The van der Waals surface area contributed by atoms with Gasteiger partial charge in [-0.2, -0.15) is 0 Å². The number of aliphatic imine (C=N–C) groups is 1. The van der Waals surface area contributed by atoms with E-state index in [0.29, 0.717) is 12.0 Å². The molecule has 2 atom stereocenters. The van der Waals surface area contributed by atoms with Gasteiger partial charge in [0.2, 0.25) is 0 Å². The molecule has 0 aromatic carbocycles. The summed E-state index contributed by atoms with van der Waals surface area (Å²) in [5, 5.41) is 3.72. The van der Waals surface area contributed by atoms with Gasteiger partial charge in [0.15, 0.2) is 5.96 Å². The molecule has 2 rings (SSSR count). The lowest BCUT2D eigenvalue weighted by molar-refractivity contribution is 0.0897. The van der Waals surface area contributed by atoms with Crippen LogP contribution in [0.15, 0.2) is 4.99 Å². The minimum atomic E-state index is 0.581. The highest BCUT2D eigenvalue weighted by Gasteiger charge is 2.30. The Morgan fingerprint density at radius 3 is 2.27 bits per heavy atom. The summed E-state index contributed by atoms with van der Waals surface area (Å²) in [5.74, 6) is 3.46. The second-order valence-electron chi connectivity index (χ2n) is 8.65. The van der Waals surface area contributed by atoms with Crippen molar-refractivity contribution in [3.8, 4) is 0 Å². The Balaban J connectivity index is 1.88. The zero-order chi connectivity index (χ0) is 19.1. The van der Waals surface area contributed by atoms with Gasteiger partial charge in [0.1, 0.15) is 0 Å². The van der Waals surface area contributed by atoms with E-state index in [1.807, 2.05) is 7.05 Å². The van der Waals surface area contributed by atoms with Crippen LogP contribution in [0.4, 0.5) is 0 Å². The minimum absolute atomic E-state index is 0.581. The highest BCUT2D eigenvalue weighted by molar-refractivity contribution is 5.80. The largest absolute Gasteiger partial charge is 0.355 e. The van der Waals surface area contributed by atoms with E-state index in [1.165, 1.54) is 52.0 Å². The van der Waals surface area contributed by atoms with Gasteiger partial charge in [-0.05, 0) is 31.2 Å². The van der Waals surface area contributed by atoms with Gasteiger partial charge < -0.3 is 15.1 Å². The molecule has 5 nitrogen and oxygen atoms in total. The van der Waals surface area contributed by atoms with E-state index in [-0.39, 0.29) is 0 Å². The van der Waals surface area contributed by atoms with Crippen LogP contribution in [0.3, 0.4) is 0 Å². The molecule has 5 heteroatoms. The Hall–Kier alpha value is -0.810. The quantitative estimate of drug-likeness (QED) is 0.555. The lowest BCUT2D eigenvalue weighted by atomic mass is 9.87. The maximum Gasteiger partial charge on any atom is 0.193 e. The van der Waals surface area contributed by atoms with Gasteiger partial charge in [-0.1, -0.05) is 40.5 Å². The molecule has 1 N–H and O–H groups in total. The summed E-state index contributed by atoms with van der Waals surface area (Å²) in [6, 6.07) is 0.581. The van der Waals surface area contributed by atoms with Gasteiger partial charge >= 0.3 is 0 Å². The highest BCUT2D eigenvalue weighted by Crippen LogP contribution is 2.28. The standard InChI is InChI=1S/C21H43N5/c1-7-18(8-2)19-9-10-26(16-19)21(22-5)23-15-20(17(3)4)25-13-11-24(6)12-14-25/h17-20H,7-16H2,1-6H3,(H,22,23). The van der Waals surface area contributed by atoms with Crippen molar-refractivity contribution < 1.29 is 0 Å². The number of hydrogen-bond donors (Lipinski definition) is 1. The summed E-state index contributed by atoms with van der Waals surface area (Å²) in [5.41, 5.74) is 0. The predicted molar refractivity (Wildman–Crippen MR) is 113 cm³/mol. The average Bonchev–Trinajstić information content (AvgIpc) is 3.10. The number of likely N-dealkylation sites (tertiary alicyclic amines) is 1. The predicted octanol–water partition coefficient (Wildman–Crippen LogP) is 2.59. The Kier molecular flexibility index (Phi) is 8.68. The van der Waals surface area contributed by atoms with E-state index in [0.717, 1.165) is 30.9 Å². The van der Waals surface area contributed by atoms with E-state index in [1.54, 1.807) is 0 Å². The molecule has 2 aliphatic heterocycles. The van der Waals surface area contributed by atoms with Crippen molar-refractivity contribution in [3.63, 3.8) is 0 Å². The van der Waals surface area contributed by atoms with Gasteiger partial charge in [-0.25, -0.2) is 0 Å². The van der Waals surface area contributed by atoms with Crippen molar-refractivity contribution in [2.24, 2.45) is 22.7 Å². The monoisotopic (exact) mass is 365 g/mol. The van der Waals surface area contributed by atoms with Crippen LogP contribution in [0, 0.1) is 17.8 Å². The summed E-state index contributed by atoms with van der Waals surface area (Å²) < 4.78 is 0. The van der Waals surface area contributed by atoms with Crippen molar-refractivity contribution in [1.29, 1.82) is 0 Å². The van der Waals surface area contributed by atoms with Crippen molar-refractivity contribution in [2.75, 3.05) is 59.9 Å². The smallest absolute Gasteiger partial charge is 0.193 e. The number of likely N-dealkylation sites (N-methyl/N-ethyl adjacent to an activating group) is 1. The lowest BCUT2D eigenvalue weighted by Gasteiger charge is -2.40. The summed E-state index contributed by atoms with van der Waals surface area (Å²) in [7, 11) is 4.17. The van der Waals surface area contributed by atoms with Crippen LogP contribution in [0.1, 0.15) is 47.0 Å². The van der Waals surface area contributed by atoms with Gasteiger partial charge in [0, 0.05) is 58.9 Å². The molecule has 0 saturated carbocycles. The van der Waals surface area contributed by atoms with Crippen LogP contribution in [-0.4, -0.2) is 86.6 Å². The third-order valence-corrected chi connectivity index (χ3v) is 6.70. The highest BCUT2D eigenvalue weighted by atomic mass is 15.3. The molecule has 26 heavy (non-hydrogen) atoms. The molecule has 2 saturated heterocycles. The summed E-state index contributed by atoms with van der Waals surface area (Å²) in [6.45, 7) is 17.4. The van der Waals surface area contributed by atoms with E-state index >= 15 is 0 Å². The van der Waals surface area contributed by atoms with Crippen LogP contribution in [0.5, 0.6) is 0 Å². The van der Waals surface area contributed by atoms with Crippen LogP contribution < -0.4 is 5.32 Å². The molecular weight excluding hydrogens is 322 g/mol. The summed E-state index contributed by atoms with van der Waals surface area (Å²) in [4.78, 5) is 12.2. The summed E-state index contributed by atoms with van der Waals surface area (Å²) >= 11 is 0. The molecule has 0 aromatic heterocycles. The van der Waals surface area contributed by atoms with E-state index in [9.17, 15) is 0 Å². The number of piperazine rings is 1. The molecule has 0 aliphatic carbocycles. The first kappa shape index (κ1) is 21.5. The number of nitrogens with one attached hydrogen (secondary N) is 1. The van der Waals surface area contributed by atoms with Crippen molar-refractivity contribution in [3.05, 3.63) is 0 Å². The maximum atomic E-state index is 4.61. The average molecular weight is 366 g/mol. The molecule has 2 aliphatic rings. The number of nitrogens with zero attached hydrogens (tertiary/aromatic N) is 4. The number of hydrogen-bond acceptors (Lipinski definition) is 3. The van der Waals surface area contributed by atoms with E-state index in [2.05, 4.69) is 59.8 Å². The molecule has 2 heterocycles. The van der Waals surface area contributed by atoms with E-state index < -0.39 is 0 Å². The van der Waals surface area contributed by atoms with E-state index in [4.69, 9.17) is 0 Å². The second kappa shape index (κ2) is 10.5. The normalized spacial score (nSPS) is 24.7. The fourth-order valence-corrected chi connectivity index (χ4v) is 4.79. The zero-order valence-electron chi connectivity index (χ0n) is 18.2. The van der Waals surface area contributed by atoms with Gasteiger partial charge in [-0.15, -0.1) is 0 Å². The zero-order valence-corrected chi connectivity index (χ0v) is 18.2. The maximum absolute atomic E-state index is 4.61. The Morgan fingerprint density at radius 1 is 1.08 bits per heavy atom. The van der Waals surface area contributed by atoms with Crippen molar-refractivity contribution in [2.45, 2.75) is 53.0 Å². The fraction of sp³-hybridized carbons (Fsp3) is 0.952. The van der Waals surface area contributed by atoms with Gasteiger partial charge in [0.05, 0.1) is 0 Å². The van der Waals surface area contributed by atoms with Crippen molar-refractivity contribution >= 4 is 5.96 Å². The van der Waals surface area contributed by atoms with Crippen LogP contribution in [-0.2, 0) is 0 Å². The third-order valence-electron chi connectivity index (χ3n) is 6.70. The molecule has 0 radical (unpaired) electrons. The first-order chi connectivity index (χ1) is 12.5. The molecule has 2 unspecified atom stereocenters. The topological polar surface area (TPSA) is 34.1 Å². The van der Waals surface area contributed by atoms with Crippen LogP contribution >= 0.6 is 0 Å². The molecule has 152 valence electrons. The number of rotatable bonds is 7. The molecule has 0 spiro atoms. The summed E-state index contributed by atoms with van der Waals surface area (Å²) in [6.07, 6.45) is 3.93. The fourth-order valence-electron chi connectivity index (χ4n) is 4.79. The SMILES string of the molecule is CCC(CC)C1CCN(C(=NC)NCC(C(C)C)N2CCN(C)CC2)C1. The molecule has 0 aromatic rings. The van der Waals surface area contributed by atoms with Gasteiger partial charge in [-0.3, -0.25) is 9.89 Å². The van der Waals surface area contributed by atoms with Gasteiger partial charge in [0.25, 0.3) is 0 Å².